The monoisotopic (exact) mass is 622 g/mol. The van der Waals surface area contributed by atoms with Crippen LogP contribution in [0.5, 0.6) is 0 Å². The summed E-state index contributed by atoms with van der Waals surface area (Å²) >= 11 is 24.2. The molecular formula is C25H17Cl4F3N2O3S. The molecule has 1 heterocycles. The van der Waals surface area contributed by atoms with Crippen LogP contribution in [0.2, 0.25) is 20.1 Å². The summed E-state index contributed by atoms with van der Waals surface area (Å²) in [5, 5.41) is 3.96. The second-order valence-corrected chi connectivity index (χ2v) is 12.4. The summed E-state index contributed by atoms with van der Waals surface area (Å²) in [6, 6.07) is 13.6. The third kappa shape index (κ3) is 5.40. The van der Waals surface area contributed by atoms with E-state index < -0.39 is 33.8 Å². The zero-order valence-corrected chi connectivity index (χ0v) is 23.2. The molecule has 3 aromatic carbocycles. The smallest absolute Gasteiger partial charge is 0.374 e. The molecule has 5 nitrogen and oxygen atoms in total. The number of hydrogen-bond acceptors (Lipinski definition) is 4. The fourth-order valence-corrected chi connectivity index (χ4v) is 7.15. The molecule has 1 aliphatic rings. The second-order valence-electron chi connectivity index (χ2n) is 8.24. The van der Waals surface area contributed by atoms with Crippen LogP contribution < -0.4 is 0 Å². The molecule has 1 aliphatic heterocycles. The number of alkyl halides is 3. The first kappa shape index (κ1) is 28.7. The van der Waals surface area contributed by atoms with Crippen molar-refractivity contribution >= 4 is 67.8 Å². The maximum atomic E-state index is 14.2. The number of carbonyl (C=O) groups excluding carboxylic acids is 1. The van der Waals surface area contributed by atoms with Gasteiger partial charge in [0, 0.05) is 33.3 Å². The summed E-state index contributed by atoms with van der Waals surface area (Å²) in [4.78, 5) is 17.9. The number of benzene rings is 3. The van der Waals surface area contributed by atoms with Crippen LogP contribution in [0, 0.1) is 0 Å². The van der Waals surface area contributed by atoms with E-state index in [1.807, 2.05) is 0 Å². The molecule has 0 bridgehead atoms. The second kappa shape index (κ2) is 10.7. The number of rotatable bonds is 5. The molecule has 200 valence electrons. The van der Waals surface area contributed by atoms with Gasteiger partial charge in [0.25, 0.3) is 11.5 Å². The molecule has 38 heavy (non-hydrogen) atoms. The Kier molecular flexibility index (Phi) is 8.08. The molecule has 2 unspecified atom stereocenters. The van der Waals surface area contributed by atoms with Gasteiger partial charge in [0.05, 0.1) is 30.4 Å². The van der Waals surface area contributed by atoms with Gasteiger partial charge in [-0.3, -0.25) is 4.79 Å². The number of carbonyl (C=O) groups is 1. The number of oxime groups is 1. The lowest BCUT2D eigenvalue weighted by atomic mass is 9.86. The van der Waals surface area contributed by atoms with E-state index in [2.05, 4.69) is 9.52 Å². The lowest BCUT2D eigenvalue weighted by Crippen LogP contribution is -2.42. The lowest BCUT2D eigenvalue weighted by molar-refractivity contribution is -0.275. The quantitative estimate of drug-likeness (QED) is 0.286. The van der Waals surface area contributed by atoms with E-state index in [-0.39, 0.29) is 53.1 Å². The lowest BCUT2D eigenvalue weighted by Gasteiger charge is -2.29. The van der Waals surface area contributed by atoms with Crippen LogP contribution in [-0.2, 0) is 20.2 Å². The predicted molar refractivity (Wildman–Crippen MR) is 143 cm³/mol. The number of nitrogens with zero attached hydrogens (tertiary/aromatic N) is 2. The molecule has 0 N–H and O–H groups in total. The third-order valence-corrected chi connectivity index (χ3v) is 9.45. The van der Waals surface area contributed by atoms with Crippen molar-refractivity contribution in [2.24, 2.45) is 9.52 Å². The average Bonchev–Trinajstić information content (AvgIpc) is 3.31. The van der Waals surface area contributed by atoms with Crippen molar-refractivity contribution in [2.45, 2.75) is 30.0 Å². The third-order valence-electron chi connectivity index (χ3n) is 5.84. The molecule has 3 aromatic rings. The molecule has 0 saturated heterocycles. The highest BCUT2D eigenvalue weighted by Gasteiger charge is 2.62. The van der Waals surface area contributed by atoms with Crippen LogP contribution in [0.3, 0.4) is 0 Å². The van der Waals surface area contributed by atoms with Gasteiger partial charge < -0.3 is 4.84 Å². The van der Waals surface area contributed by atoms with E-state index in [9.17, 15) is 22.2 Å². The molecular weight excluding hydrogens is 607 g/mol. The Balaban J connectivity index is 1.64. The van der Waals surface area contributed by atoms with Gasteiger partial charge in [0.1, 0.15) is 0 Å². The molecule has 0 aromatic heterocycles. The van der Waals surface area contributed by atoms with Gasteiger partial charge in [-0.25, -0.2) is 4.21 Å². The summed E-state index contributed by atoms with van der Waals surface area (Å²) in [6.45, 7) is 1.58. The van der Waals surface area contributed by atoms with Crippen LogP contribution in [0.15, 0.2) is 75.1 Å². The molecule has 13 heteroatoms. The summed E-state index contributed by atoms with van der Waals surface area (Å²) < 4.78 is 60.1. The Morgan fingerprint density at radius 2 is 1.61 bits per heavy atom. The minimum absolute atomic E-state index is 0.00503. The Labute approximate surface area is 236 Å². The van der Waals surface area contributed by atoms with Crippen molar-refractivity contribution in [1.29, 1.82) is 0 Å². The number of hydrogen-bond donors (Lipinski definition) is 0. The fourth-order valence-electron chi connectivity index (χ4n) is 3.88. The van der Waals surface area contributed by atoms with Crippen LogP contribution in [0.25, 0.3) is 0 Å². The van der Waals surface area contributed by atoms with Gasteiger partial charge in [0.15, 0.2) is 0 Å². The van der Waals surface area contributed by atoms with Crippen LogP contribution >= 0.6 is 46.4 Å². The normalized spacial score (nSPS) is 18.9. The SMILES string of the molecule is CCS(=O)(=NC(=O)c1ccc(C2=NOC(c3cc(Cl)cc(Cl)c3)(C(F)(F)F)C2)cc1)c1c(Cl)cccc1Cl. The average molecular weight is 624 g/mol. The highest BCUT2D eigenvalue weighted by atomic mass is 35.5. The van der Waals surface area contributed by atoms with Crippen LogP contribution in [0.1, 0.15) is 34.8 Å². The molecule has 0 fully saturated rings. The summed E-state index contributed by atoms with van der Waals surface area (Å²) in [5.74, 6) is -0.830. The van der Waals surface area contributed by atoms with Crippen LogP contribution in [0.4, 0.5) is 13.2 Å². The Bertz CT molecular complexity index is 1530. The first-order valence-electron chi connectivity index (χ1n) is 10.9. The maximum Gasteiger partial charge on any atom is 0.435 e. The predicted octanol–water partition coefficient (Wildman–Crippen LogP) is 8.57. The van der Waals surface area contributed by atoms with Crippen molar-refractivity contribution in [1.82, 2.24) is 0 Å². The highest BCUT2D eigenvalue weighted by Crippen LogP contribution is 2.49. The Morgan fingerprint density at radius 3 is 2.13 bits per heavy atom. The van der Waals surface area contributed by atoms with Crippen molar-refractivity contribution in [3.05, 3.63) is 97.4 Å². The van der Waals surface area contributed by atoms with Crippen LogP contribution in [-0.4, -0.2) is 27.8 Å². The minimum atomic E-state index is -4.85. The van der Waals surface area contributed by atoms with Gasteiger partial charge in [-0.15, -0.1) is 0 Å². The van der Waals surface area contributed by atoms with E-state index in [1.165, 1.54) is 42.5 Å². The van der Waals surface area contributed by atoms with Crippen molar-refractivity contribution in [3.63, 3.8) is 0 Å². The summed E-state index contributed by atoms with van der Waals surface area (Å²) in [7, 11) is -3.29. The minimum Gasteiger partial charge on any atom is -0.374 e. The van der Waals surface area contributed by atoms with Gasteiger partial charge in [-0.1, -0.05) is 76.7 Å². The standard InChI is InChI=1S/C25H17Cl4F3N2O3S/c1-2-38(36,22-19(28)4-3-5-20(22)29)34-23(35)15-8-6-14(7-9-15)21-13-24(37-33-21,25(30,31)32)16-10-17(26)12-18(27)11-16/h3-12H,2,13H2,1H3. The zero-order chi connectivity index (χ0) is 27.9. The first-order valence-corrected chi connectivity index (χ1v) is 14.1. The van der Waals surface area contributed by atoms with Gasteiger partial charge >= 0.3 is 6.18 Å². The van der Waals surface area contributed by atoms with Crippen molar-refractivity contribution in [2.75, 3.05) is 5.75 Å². The van der Waals surface area contributed by atoms with E-state index in [0.717, 1.165) is 12.1 Å². The topological polar surface area (TPSA) is 68.1 Å². The van der Waals surface area contributed by atoms with Gasteiger partial charge in [-0.2, -0.15) is 17.5 Å². The largest absolute Gasteiger partial charge is 0.435 e. The summed E-state index contributed by atoms with van der Waals surface area (Å²) in [6.07, 6.45) is -5.50. The Hall–Kier alpha value is -2.30. The van der Waals surface area contributed by atoms with Gasteiger partial charge in [0.2, 0.25) is 0 Å². The van der Waals surface area contributed by atoms with E-state index in [0.29, 0.717) is 0 Å². The Morgan fingerprint density at radius 1 is 1.03 bits per heavy atom. The van der Waals surface area contributed by atoms with Gasteiger partial charge in [-0.05, 0) is 48.0 Å². The maximum absolute atomic E-state index is 14.2. The van der Waals surface area contributed by atoms with E-state index in [1.54, 1.807) is 13.0 Å². The zero-order valence-electron chi connectivity index (χ0n) is 19.4. The first-order chi connectivity index (χ1) is 17.8. The molecule has 0 saturated carbocycles. The molecule has 0 radical (unpaired) electrons. The molecule has 2 atom stereocenters. The highest BCUT2D eigenvalue weighted by molar-refractivity contribution is 7.94. The number of amides is 1. The van der Waals surface area contributed by atoms with Crippen molar-refractivity contribution in [3.8, 4) is 0 Å². The number of halogens is 7. The summed E-state index contributed by atoms with van der Waals surface area (Å²) in [5.41, 5.74) is -2.75. The molecule has 4 rings (SSSR count). The molecule has 0 aliphatic carbocycles. The fraction of sp³-hybridized carbons (Fsp3) is 0.200. The van der Waals surface area contributed by atoms with E-state index >= 15 is 0 Å². The molecule has 0 spiro atoms. The van der Waals surface area contributed by atoms with E-state index in [4.69, 9.17) is 51.2 Å². The van der Waals surface area contributed by atoms with Crippen molar-refractivity contribution < 1.29 is 27.0 Å². The molecule has 1 amide bonds.